The molecular formula is C13H23N3S. The van der Waals surface area contributed by atoms with Crippen LogP contribution < -0.4 is 11.3 Å². The molecule has 3 N–H and O–H groups in total. The molecule has 1 aliphatic carbocycles. The van der Waals surface area contributed by atoms with E-state index >= 15 is 0 Å². The van der Waals surface area contributed by atoms with Crippen LogP contribution in [0.15, 0.2) is 5.51 Å². The second-order valence-electron chi connectivity index (χ2n) is 5.15. The van der Waals surface area contributed by atoms with Gasteiger partial charge in [-0.15, -0.1) is 11.3 Å². The predicted octanol–water partition coefficient (Wildman–Crippen LogP) is 3.17. The highest BCUT2D eigenvalue weighted by atomic mass is 32.1. The van der Waals surface area contributed by atoms with Crippen molar-refractivity contribution in [1.82, 2.24) is 10.4 Å². The van der Waals surface area contributed by atoms with Crippen molar-refractivity contribution in [1.29, 1.82) is 0 Å². The van der Waals surface area contributed by atoms with E-state index in [1.807, 2.05) is 5.51 Å². The third kappa shape index (κ3) is 2.87. The second-order valence-corrected chi connectivity index (χ2v) is 6.03. The number of nitrogens with zero attached hydrogens (tertiary/aromatic N) is 1. The van der Waals surface area contributed by atoms with Crippen LogP contribution in [-0.2, 0) is 0 Å². The second kappa shape index (κ2) is 5.94. The highest BCUT2D eigenvalue weighted by molar-refractivity contribution is 7.09. The Bertz CT molecular complexity index is 350. The zero-order valence-corrected chi connectivity index (χ0v) is 11.6. The van der Waals surface area contributed by atoms with Gasteiger partial charge in [-0.1, -0.05) is 26.2 Å². The van der Waals surface area contributed by atoms with Gasteiger partial charge in [-0.2, -0.15) is 0 Å². The Morgan fingerprint density at radius 2 is 2.41 bits per heavy atom. The van der Waals surface area contributed by atoms with E-state index in [0.717, 1.165) is 11.6 Å². The van der Waals surface area contributed by atoms with Crippen molar-refractivity contribution in [2.24, 2.45) is 17.7 Å². The Kier molecular flexibility index (Phi) is 4.54. The molecule has 17 heavy (non-hydrogen) atoms. The Balaban J connectivity index is 2.10. The van der Waals surface area contributed by atoms with Crippen LogP contribution in [-0.4, -0.2) is 4.98 Å². The molecule has 0 radical (unpaired) electrons. The van der Waals surface area contributed by atoms with Gasteiger partial charge in [-0.25, -0.2) is 4.98 Å². The summed E-state index contributed by atoms with van der Waals surface area (Å²) in [5, 5.41) is 0. The number of rotatable bonds is 4. The summed E-state index contributed by atoms with van der Waals surface area (Å²) in [4.78, 5) is 5.67. The van der Waals surface area contributed by atoms with E-state index in [2.05, 4.69) is 24.3 Å². The van der Waals surface area contributed by atoms with Crippen LogP contribution in [0.2, 0.25) is 0 Å². The molecule has 96 valence electrons. The molecule has 3 unspecified atom stereocenters. The Labute approximate surface area is 108 Å². The summed E-state index contributed by atoms with van der Waals surface area (Å²) in [6.45, 7) is 4.38. The van der Waals surface area contributed by atoms with Gasteiger partial charge >= 0.3 is 0 Å². The molecule has 1 saturated carbocycles. The Hall–Kier alpha value is -0.450. The quantitative estimate of drug-likeness (QED) is 0.640. The van der Waals surface area contributed by atoms with Gasteiger partial charge in [0.05, 0.1) is 17.2 Å². The molecule has 0 saturated heterocycles. The Morgan fingerprint density at radius 1 is 1.59 bits per heavy atom. The van der Waals surface area contributed by atoms with E-state index in [9.17, 15) is 0 Å². The van der Waals surface area contributed by atoms with E-state index < -0.39 is 0 Å². The lowest BCUT2D eigenvalue weighted by Crippen LogP contribution is -2.35. The zero-order chi connectivity index (χ0) is 12.3. The summed E-state index contributed by atoms with van der Waals surface area (Å²) < 4.78 is 0. The summed E-state index contributed by atoms with van der Waals surface area (Å²) in [5.41, 5.74) is 6.09. The first-order chi connectivity index (χ1) is 8.26. The standard InChI is InChI=1S/C13H23N3S/c1-3-10-5-4-6-11(7-10)12(16-14)13-9(2)15-8-17-13/h8,10-12,16H,3-7,14H2,1-2H3. The number of aryl methyl sites for hydroxylation is 1. The molecule has 0 spiro atoms. The van der Waals surface area contributed by atoms with E-state index in [1.165, 1.54) is 37.0 Å². The van der Waals surface area contributed by atoms with E-state index in [1.54, 1.807) is 11.3 Å². The van der Waals surface area contributed by atoms with Crippen molar-refractivity contribution >= 4 is 11.3 Å². The molecule has 0 bridgehead atoms. The SMILES string of the molecule is CCC1CCCC(C(NN)c2scnc2C)C1. The van der Waals surface area contributed by atoms with Crippen molar-refractivity contribution in [3.05, 3.63) is 16.1 Å². The van der Waals surface area contributed by atoms with Crippen LogP contribution in [0, 0.1) is 18.8 Å². The highest BCUT2D eigenvalue weighted by Gasteiger charge is 2.29. The number of hydrazine groups is 1. The van der Waals surface area contributed by atoms with Crippen molar-refractivity contribution in [3.63, 3.8) is 0 Å². The first-order valence-electron chi connectivity index (χ1n) is 6.62. The topological polar surface area (TPSA) is 50.9 Å². The molecule has 4 heteroatoms. The monoisotopic (exact) mass is 253 g/mol. The largest absolute Gasteiger partial charge is 0.271 e. The number of hydrogen-bond donors (Lipinski definition) is 2. The summed E-state index contributed by atoms with van der Waals surface area (Å²) in [7, 11) is 0. The highest BCUT2D eigenvalue weighted by Crippen LogP contribution is 2.39. The minimum Gasteiger partial charge on any atom is -0.271 e. The van der Waals surface area contributed by atoms with E-state index in [0.29, 0.717) is 12.0 Å². The van der Waals surface area contributed by atoms with Gasteiger partial charge in [0.2, 0.25) is 0 Å². The van der Waals surface area contributed by atoms with Crippen LogP contribution in [0.4, 0.5) is 0 Å². The lowest BCUT2D eigenvalue weighted by molar-refractivity contribution is 0.211. The van der Waals surface area contributed by atoms with Crippen molar-refractivity contribution < 1.29 is 0 Å². The summed E-state index contributed by atoms with van der Waals surface area (Å²) in [5.74, 6) is 7.34. The number of nitrogens with two attached hydrogens (primary N) is 1. The smallest absolute Gasteiger partial charge is 0.0798 e. The summed E-state index contributed by atoms with van der Waals surface area (Å²) >= 11 is 1.73. The molecule has 0 amide bonds. The fourth-order valence-electron chi connectivity index (χ4n) is 3.04. The van der Waals surface area contributed by atoms with Gasteiger partial charge < -0.3 is 0 Å². The molecule has 3 nitrogen and oxygen atoms in total. The Morgan fingerprint density at radius 3 is 3.00 bits per heavy atom. The summed E-state index contributed by atoms with van der Waals surface area (Å²) in [6.07, 6.45) is 6.64. The molecule has 2 rings (SSSR count). The maximum Gasteiger partial charge on any atom is 0.0798 e. The predicted molar refractivity (Wildman–Crippen MR) is 72.7 cm³/mol. The molecule has 1 heterocycles. The van der Waals surface area contributed by atoms with E-state index in [4.69, 9.17) is 5.84 Å². The zero-order valence-electron chi connectivity index (χ0n) is 10.8. The van der Waals surface area contributed by atoms with Gasteiger partial charge in [0, 0.05) is 4.88 Å². The minimum absolute atomic E-state index is 0.303. The number of thiazole rings is 1. The van der Waals surface area contributed by atoms with Gasteiger partial charge in [-0.05, 0) is 31.6 Å². The van der Waals surface area contributed by atoms with Crippen LogP contribution in [0.3, 0.4) is 0 Å². The molecule has 0 aromatic carbocycles. The first kappa shape index (κ1) is 13.0. The number of aromatic nitrogens is 1. The van der Waals surface area contributed by atoms with Crippen LogP contribution in [0.1, 0.15) is 55.6 Å². The van der Waals surface area contributed by atoms with E-state index in [-0.39, 0.29) is 0 Å². The molecule has 1 fully saturated rings. The first-order valence-corrected chi connectivity index (χ1v) is 7.50. The average Bonchev–Trinajstić information content (AvgIpc) is 2.77. The maximum absolute atomic E-state index is 5.78. The van der Waals surface area contributed by atoms with Crippen molar-refractivity contribution in [2.75, 3.05) is 0 Å². The average molecular weight is 253 g/mol. The third-order valence-electron chi connectivity index (χ3n) is 4.12. The summed E-state index contributed by atoms with van der Waals surface area (Å²) in [6, 6.07) is 0.303. The normalized spacial score (nSPS) is 27.0. The maximum atomic E-state index is 5.78. The molecular weight excluding hydrogens is 230 g/mol. The van der Waals surface area contributed by atoms with Gasteiger partial charge in [0.25, 0.3) is 0 Å². The lowest BCUT2D eigenvalue weighted by atomic mass is 9.76. The molecule has 1 aromatic rings. The number of nitrogens with one attached hydrogen (secondary N) is 1. The number of hydrogen-bond acceptors (Lipinski definition) is 4. The van der Waals surface area contributed by atoms with Crippen molar-refractivity contribution in [3.8, 4) is 0 Å². The van der Waals surface area contributed by atoms with Gasteiger partial charge in [0.15, 0.2) is 0 Å². The fraction of sp³-hybridized carbons (Fsp3) is 0.769. The molecule has 1 aliphatic rings. The van der Waals surface area contributed by atoms with Crippen LogP contribution in [0.5, 0.6) is 0 Å². The van der Waals surface area contributed by atoms with Gasteiger partial charge in [-0.3, -0.25) is 11.3 Å². The van der Waals surface area contributed by atoms with Crippen LogP contribution in [0.25, 0.3) is 0 Å². The molecule has 1 aromatic heterocycles. The minimum atomic E-state index is 0.303. The molecule has 3 atom stereocenters. The fourth-order valence-corrected chi connectivity index (χ4v) is 4.00. The third-order valence-corrected chi connectivity index (χ3v) is 5.13. The van der Waals surface area contributed by atoms with Crippen molar-refractivity contribution in [2.45, 2.75) is 52.0 Å². The molecule has 0 aliphatic heterocycles. The lowest BCUT2D eigenvalue weighted by Gasteiger charge is -2.33. The van der Waals surface area contributed by atoms with Gasteiger partial charge in [0.1, 0.15) is 0 Å². The van der Waals surface area contributed by atoms with Crippen LogP contribution >= 0.6 is 11.3 Å².